The molecule has 154 valence electrons. The predicted molar refractivity (Wildman–Crippen MR) is 105 cm³/mol. The van der Waals surface area contributed by atoms with Crippen molar-refractivity contribution >= 4 is 12.0 Å². The maximum Gasteiger partial charge on any atom is 0.337 e. The van der Waals surface area contributed by atoms with E-state index < -0.39 is 12.0 Å². The Kier molecular flexibility index (Phi) is 7.69. The largest absolute Gasteiger partial charge is 0.493 e. The second-order valence-corrected chi connectivity index (χ2v) is 6.52. The normalized spacial score (nSPS) is 16.5. The number of ether oxygens (including phenoxy) is 3. The molecule has 1 aliphatic rings. The van der Waals surface area contributed by atoms with Gasteiger partial charge in [-0.2, -0.15) is 0 Å². The molecule has 0 fully saturated rings. The molecule has 0 saturated heterocycles. The minimum absolute atomic E-state index is 0.276. The van der Waals surface area contributed by atoms with E-state index in [2.05, 4.69) is 10.6 Å². The Hall–Kier alpha value is -2.74. The monoisotopic (exact) mass is 391 g/mol. The first kappa shape index (κ1) is 21.6. The second kappa shape index (κ2) is 9.98. The summed E-state index contributed by atoms with van der Waals surface area (Å²) in [5.74, 6) is 0.944. The zero-order valence-corrected chi connectivity index (χ0v) is 17.1. The number of nitrogens with one attached hydrogen (secondary N) is 2. The van der Waals surface area contributed by atoms with E-state index in [0.717, 1.165) is 5.56 Å². The molecule has 1 aromatic carbocycles. The van der Waals surface area contributed by atoms with Gasteiger partial charge in [-0.05, 0) is 45.5 Å². The van der Waals surface area contributed by atoms with Crippen LogP contribution in [0.25, 0.3) is 0 Å². The summed E-state index contributed by atoms with van der Waals surface area (Å²) >= 11 is 0. The van der Waals surface area contributed by atoms with Crippen LogP contribution in [0.4, 0.5) is 4.79 Å². The average Bonchev–Trinajstić information content (AvgIpc) is 2.62. The van der Waals surface area contributed by atoms with Crippen molar-refractivity contribution in [3.05, 3.63) is 35.0 Å². The Labute approximate surface area is 165 Å². The van der Waals surface area contributed by atoms with E-state index in [4.69, 9.17) is 14.2 Å². The van der Waals surface area contributed by atoms with E-state index in [9.17, 15) is 9.59 Å². The van der Waals surface area contributed by atoms with Gasteiger partial charge in [0.2, 0.25) is 0 Å². The third kappa shape index (κ3) is 5.39. The molecule has 28 heavy (non-hydrogen) atoms. The van der Waals surface area contributed by atoms with Gasteiger partial charge in [0.15, 0.2) is 11.5 Å². The van der Waals surface area contributed by atoms with Gasteiger partial charge in [0.05, 0.1) is 31.9 Å². The maximum atomic E-state index is 12.3. The molecule has 8 nitrogen and oxygen atoms in total. The average molecular weight is 391 g/mol. The lowest BCUT2D eigenvalue weighted by Crippen LogP contribution is -2.51. The van der Waals surface area contributed by atoms with E-state index in [-0.39, 0.29) is 12.6 Å². The van der Waals surface area contributed by atoms with Crippen molar-refractivity contribution in [2.75, 3.05) is 33.9 Å². The van der Waals surface area contributed by atoms with Crippen molar-refractivity contribution in [3.63, 3.8) is 0 Å². The van der Waals surface area contributed by atoms with Gasteiger partial charge in [-0.3, -0.25) is 4.90 Å². The molecule has 8 heteroatoms. The molecule has 1 heterocycles. The summed E-state index contributed by atoms with van der Waals surface area (Å²) in [6.07, 6.45) is 0. The quantitative estimate of drug-likeness (QED) is 0.627. The van der Waals surface area contributed by atoms with Crippen LogP contribution in [0.1, 0.15) is 26.3 Å². The third-order valence-corrected chi connectivity index (χ3v) is 4.27. The lowest BCUT2D eigenvalue weighted by Gasteiger charge is -2.29. The molecule has 1 aliphatic heterocycles. The Bertz CT molecular complexity index is 747. The van der Waals surface area contributed by atoms with Crippen LogP contribution < -0.4 is 20.1 Å². The van der Waals surface area contributed by atoms with Crippen LogP contribution in [-0.2, 0) is 16.1 Å². The second-order valence-electron chi connectivity index (χ2n) is 6.52. The Balaban J connectivity index is 2.17. The maximum absolute atomic E-state index is 12.3. The summed E-state index contributed by atoms with van der Waals surface area (Å²) in [4.78, 5) is 26.2. The topological polar surface area (TPSA) is 89.1 Å². The number of amides is 2. The van der Waals surface area contributed by atoms with Crippen molar-refractivity contribution in [3.8, 4) is 11.5 Å². The fourth-order valence-electron chi connectivity index (χ4n) is 3.13. The summed E-state index contributed by atoms with van der Waals surface area (Å²) in [6.45, 7) is 7.27. The van der Waals surface area contributed by atoms with E-state index >= 15 is 0 Å². The summed E-state index contributed by atoms with van der Waals surface area (Å²) < 4.78 is 16.1. The number of hydrogen-bond acceptors (Lipinski definition) is 6. The van der Waals surface area contributed by atoms with Crippen LogP contribution >= 0.6 is 0 Å². The molecule has 1 aromatic rings. The first-order valence-electron chi connectivity index (χ1n) is 9.35. The van der Waals surface area contributed by atoms with E-state index in [1.54, 1.807) is 21.0 Å². The van der Waals surface area contributed by atoms with Gasteiger partial charge in [-0.25, -0.2) is 9.59 Å². The smallest absolute Gasteiger partial charge is 0.337 e. The molecule has 2 rings (SSSR count). The van der Waals surface area contributed by atoms with Crippen LogP contribution in [0.2, 0.25) is 0 Å². The highest BCUT2D eigenvalue weighted by molar-refractivity contribution is 5.94. The van der Waals surface area contributed by atoms with E-state index in [0.29, 0.717) is 42.5 Å². The van der Waals surface area contributed by atoms with Crippen LogP contribution in [0, 0.1) is 0 Å². The molecule has 1 unspecified atom stereocenters. The Morgan fingerprint density at radius 3 is 2.57 bits per heavy atom. The van der Waals surface area contributed by atoms with E-state index in [1.807, 2.05) is 37.1 Å². The highest BCUT2D eigenvalue weighted by atomic mass is 16.5. The SMILES string of the molecule is CCOC(=O)C1=C(CN(C)Cc2ccc(OCC)c(OC)c2)NC(=O)NC1C. The highest BCUT2D eigenvalue weighted by Crippen LogP contribution is 2.28. The number of urea groups is 1. The fraction of sp³-hybridized carbons (Fsp3) is 0.500. The summed E-state index contributed by atoms with van der Waals surface area (Å²) in [7, 11) is 3.52. The predicted octanol–water partition coefficient (Wildman–Crippen LogP) is 2.04. The lowest BCUT2D eigenvalue weighted by molar-refractivity contribution is -0.139. The lowest BCUT2D eigenvalue weighted by atomic mass is 10.0. The Morgan fingerprint density at radius 1 is 1.18 bits per heavy atom. The molecule has 0 aliphatic carbocycles. The van der Waals surface area contributed by atoms with E-state index in [1.165, 1.54) is 0 Å². The van der Waals surface area contributed by atoms with Crippen molar-refractivity contribution < 1.29 is 23.8 Å². The number of rotatable bonds is 9. The number of hydrogen-bond donors (Lipinski definition) is 2. The van der Waals surface area contributed by atoms with Gasteiger partial charge in [-0.15, -0.1) is 0 Å². The molecular weight excluding hydrogens is 362 g/mol. The molecular formula is C20H29N3O5. The van der Waals surface area contributed by atoms with Gasteiger partial charge in [0, 0.05) is 18.8 Å². The summed E-state index contributed by atoms with van der Waals surface area (Å²) in [5.41, 5.74) is 2.02. The molecule has 1 atom stereocenters. The van der Waals surface area contributed by atoms with Gasteiger partial charge < -0.3 is 24.8 Å². The standard InChI is InChI=1S/C20H29N3O5/c1-6-27-16-9-8-14(10-17(16)26-5)11-23(4)12-15-18(19(24)28-7-2)13(3)21-20(25)22-15/h8-10,13H,6-7,11-12H2,1-5H3,(H2,21,22,25). The molecule has 0 bridgehead atoms. The van der Waals surface area contributed by atoms with Crippen LogP contribution in [-0.4, -0.2) is 56.9 Å². The summed E-state index contributed by atoms with van der Waals surface area (Å²) in [6, 6.07) is 5.02. The first-order valence-corrected chi connectivity index (χ1v) is 9.35. The number of benzene rings is 1. The fourth-order valence-corrected chi connectivity index (χ4v) is 3.13. The third-order valence-electron chi connectivity index (χ3n) is 4.27. The first-order chi connectivity index (χ1) is 13.4. The molecule has 0 aromatic heterocycles. The van der Waals surface area contributed by atoms with Gasteiger partial charge in [0.25, 0.3) is 0 Å². The van der Waals surface area contributed by atoms with Crippen molar-refractivity contribution in [1.29, 1.82) is 0 Å². The number of likely N-dealkylation sites (N-methyl/N-ethyl adjacent to an activating group) is 1. The van der Waals surface area contributed by atoms with Crippen LogP contribution in [0.5, 0.6) is 11.5 Å². The van der Waals surface area contributed by atoms with Gasteiger partial charge in [0.1, 0.15) is 0 Å². The molecule has 2 amide bonds. The summed E-state index contributed by atoms with van der Waals surface area (Å²) in [5, 5.41) is 5.44. The highest BCUT2D eigenvalue weighted by Gasteiger charge is 2.30. The minimum atomic E-state index is -0.423. The van der Waals surface area contributed by atoms with Gasteiger partial charge >= 0.3 is 12.0 Å². The van der Waals surface area contributed by atoms with Gasteiger partial charge in [-0.1, -0.05) is 6.07 Å². The molecule has 0 saturated carbocycles. The van der Waals surface area contributed by atoms with Crippen molar-refractivity contribution in [1.82, 2.24) is 15.5 Å². The Morgan fingerprint density at radius 2 is 1.93 bits per heavy atom. The van der Waals surface area contributed by atoms with Crippen molar-refractivity contribution in [2.45, 2.75) is 33.4 Å². The minimum Gasteiger partial charge on any atom is -0.493 e. The number of methoxy groups -OCH3 is 1. The molecule has 0 radical (unpaired) electrons. The van der Waals surface area contributed by atoms with Crippen LogP contribution in [0.15, 0.2) is 29.5 Å². The number of carbonyl (C=O) groups excluding carboxylic acids is 2. The molecule has 0 spiro atoms. The number of esters is 1. The van der Waals surface area contributed by atoms with Crippen molar-refractivity contribution in [2.24, 2.45) is 0 Å². The zero-order valence-electron chi connectivity index (χ0n) is 17.1. The zero-order chi connectivity index (χ0) is 20.7. The number of carbonyl (C=O) groups is 2. The van der Waals surface area contributed by atoms with Crippen LogP contribution in [0.3, 0.4) is 0 Å². The molecule has 2 N–H and O–H groups in total. The number of nitrogens with zero attached hydrogens (tertiary/aromatic N) is 1.